The van der Waals surface area contributed by atoms with Crippen LogP contribution in [-0.4, -0.2) is 74.8 Å². The molecule has 29 heavy (non-hydrogen) atoms. The predicted molar refractivity (Wildman–Crippen MR) is 114 cm³/mol. The number of nitrogens with zero attached hydrogens (tertiary/aromatic N) is 1. The maximum Gasteiger partial charge on any atom is 0.0665 e. The zero-order valence-corrected chi connectivity index (χ0v) is 18.3. The molecule has 5 nitrogen and oxygen atoms in total. The lowest BCUT2D eigenvalue weighted by molar-refractivity contribution is -0.103. The lowest BCUT2D eigenvalue weighted by Gasteiger charge is -2.52. The van der Waals surface area contributed by atoms with Gasteiger partial charge in [0.15, 0.2) is 0 Å². The second kappa shape index (κ2) is 9.52. The van der Waals surface area contributed by atoms with Crippen LogP contribution in [-0.2, 0) is 14.2 Å². The van der Waals surface area contributed by atoms with E-state index in [2.05, 4.69) is 10.2 Å². The summed E-state index contributed by atoms with van der Waals surface area (Å²) in [5, 5.41) is 3.87. The van der Waals surface area contributed by atoms with Gasteiger partial charge in [-0.25, -0.2) is 0 Å². The molecule has 4 heterocycles. The van der Waals surface area contributed by atoms with Crippen LogP contribution in [0.1, 0.15) is 70.6 Å². The smallest absolute Gasteiger partial charge is 0.0665 e. The van der Waals surface area contributed by atoms with E-state index in [9.17, 15) is 0 Å². The van der Waals surface area contributed by atoms with Crippen LogP contribution >= 0.6 is 0 Å². The number of morpholine rings is 1. The van der Waals surface area contributed by atoms with E-state index in [4.69, 9.17) is 14.2 Å². The van der Waals surface area contributed by atoms with E-state index in [1.807, 2.05) is 0 Å². The van der Waals surface area contributed by atoms with Gasteiger partial charge in [0, 0.05) is 19.7 Å². The average molecular weight is 407 g/mol. The number of hydrogen-bond donors (Lipinski definition) is 1. The number of hydrogen-bond acceptors (Lipinski definition) is 5. The molecule has 2 unspecified atom stereocenters. The van der Waals surface area contributed by atoms with E-state index >= 15 is 0 Å². The van der Waals surface area contributed by atoms with Gasteiger partial charge in [0.2, 0.25) is 0 Å². The lowest BCUT2D eigenvalue weighted by atomic mass is 9.71. The molecule has 2 saturated carbocycles. The quantitative estimate of drug-likeness (QED) is 0.668. The Morgan fingerprint density at radius 3 is 2.55 bits per heavy atom. The third-order valence-electron chi connectivity index (χ3n) is 8.72. The molecular weight excluding hydrogens is 364 g/mol. The van der Waals surface area contributed by atoms with Crippen molar-refractivity contribution in [3.05, 3.63) is 0 Å². The number of piperidine rings is 1. The molecule has 1 spiro atoms. The Hall–Kier alpha value is -0.200. The van der Waals surface area contributed by atoms with Gasteiger partial charge in [0.1, 0.15) is 0 Å². The highest BCUT2D eigenvalue weighted by molar-refractivity contribution is 5.04. The fourth-order valence-corrected chi connectivity index (χ4v) is 7.14. The van der Waals surface area contributed by atoms with Crippen LogP contribution in [0.4, 0.5) is 0 Å². The molecule has 166 valence electrons. The largest absolute Gasteiger partial charge is 0.378 e. The van der Waals surface area contributed by atoms with Crippen LogP contribution < -0.4 is 5.32 Å². The van der Waals surface area contributed by atoms with Gasteiger partial charge in [-0.05, 0) is 76.2 Å². The van der Waals surface area contributed by atoms with Crippen LogP contribution in [0.2, 0.25) is 0 Å². The summed E-state index contributed by atoms with van der Waals surface area (Å²) in [7, 11) is 0. The molecule has 0 aromatic rings. The van der Waals surface area contributed by atoms with Crippen LogP contribution in [0.25, 0.3) is 0 Å². The van der Waals surface area contributed by atoms with Gasteiger partial charge >= 0.3 is 0 Å². The van der Waals surface area contributed by atoms with E-state index in [-0.39, 0.29) is 5.54 Å². The monoisotopic (exact) mass is 406 g/mol. The van der Waals surface area contributed by atoms with Crippen molar-refractivity contribution in [3.8, 4) is 0 Å². The molecule has 6 aliphatic rings. The van der Waals surface area contributed by atoms with E-state index in [0.717, 1.165) is 57.8 Å². The Kier molecular flexibility index (Phi) is 6.79. The Balaban J connectivity index is 1.31. The highest BCUT2D eigenvalue weighted by Gasteiger charge is 2.46. The Morgan fingerprint density at radius 1 is 0.828 bits per heavy atom. The zero-order valence-electron chi connectivity index (χ0n) is 18.3. The van der Waals surface area contributed by atoms with Crippen molar-refractivity contribution in [2.24, 2.45) is 11.8 Å². The molecule has 0 aromatic carbocycles. The first-order valence-electron chi connectivity index (χ1n) is 12.6. The minimum Gasteiger partial charge on any atom is -0.378 e. The molecule has 4 aliphatic heterocycles. The molecule has 4 saturated heterocycles. The van der Waals surface area contributed by atoms with Crippen molar-refractivity contribution in [2.75, 3.05) is 46.1 Å². The van der Waals surface area contributed by atoms with Crippen LogP contribution in [0.3, 0.4) is 0 Å². The van der Waals surface area contributed by atoms with Gasteiger partial charge in [-0.3, -0.25) is 4.90 Å². The first-order chi connectivity index (χ1) is 14.3. The summed E-state index contributed by atoms with van der Waals surface area (Å²) in [5.41, 5.74) is 0.0834. The summed E-state index contributed by atoms with van der Waals surface area (Å²) in [4.78, 5) is 2.70. The Bertz CT molecular complexity index is 511. The van der Waals surface area contributed by atoms with Crippen molar-refractivity contribution in [3.63, 3.8) is 0 Å². The van der Waals surface area contributed by atoms with Crippen molar-refractivity contribution in [1.82, 2.24) is 10.2 Å². The van der Waals surface area contributed by atoms with Gasteiger partial charge in [0.05, 0.1) is 43.6 Å². The third kappa shape index (κ3) is 4.55. The van der Waals surface area contributed by atoms with Crippen LogP contribution in [0.5, 0.6) is 0 Å². The number of nitrogens with one attached hydrogen (secondary N) is 1. The molecule has 2 bridgehead atoms. The second-order valence-electron chi connectivity index (χ2n) is 10.4. The average Bonchev–Trinajstić information content (AvgIpc) is 2.77. The fourth-order valence-electron chi connectivity index (χ4n) is 7.14. The molecule has 0 radical (unpaired) electrons. The van der Waals surface area contributed by atoms with Gasteiger partial charge in [-0.2, -0.15) is 0 Å². The normalized spacial score (nSPS) is 45.3. The van der Waals surface area contributed by atoms with Gasteiger partial charge < -0.3 is 19.5 Å². The number of ether oxygens (including phenoxy) is 3. The molecule has 6 rings (SSSR count). The molecule has 4 atom stereocenters. The summed E-state index contributed by atoms with van der Waals surface area (Å²) in [6.07, 6.45) is 15.2. The SMILES string of the molecule is C1CCC2C3CCC(CC3)OC[C@@H]3N(CCCOC2C1)CCC[C@@]31COCCN1. The summed E-state index contributed by atoms with van der Waals surface area (Å²) in [5.74, 6) is 1.68. The molecule has 5 heteroatoms. The number of fused-ring (bicyclic) bond motifs is 6. The summed E-state index contributed by atoms with van der Waals surface area (Å²) in [6, 6.07) is 0.430. The lowest BCUT2D eigenvalue weighted by Crippen LogP contribution is -2.70. The van der Waals surface area contributed by atoms with Crippen LogP contribution in [0.15, 0.2) is 0 Å². The first-order valence-corrected chi connectivity index (χ1v) is 12.6. The molecule has 0 aromatic heterocycles. The highest BCUT2D eigenvalue weighted by Crippen LogP contribution is 2.41. The van der Waals surface area contributed by atoms with E-state index in [0.29, 0.717) is 18.2 Å². The van der Waals surface area contributed by atoms with E-state index in [1.165, 1.54) is 70.8 Å². The molecule has 2 aliphatic carbocycles. The second-order valence-corrected chi connectivity index (χ2v) is 10.4. The summed E-state index contributed by atoms with van der Waals surface area (Å²) in [6.45, 7) is 6.76. The standard InChI is InChI=1S/C24H42N2O3/c1-2-6-22-21(5-1)19-7-9-20(10-8-19)29-17-23-24(18-27-16-12-25-24)11-3-13-26(23)14-4-15-28-22/h19-23,25H,1-18H2/t19?,20?,21?,22?,23-,24+/m0/s1. The topological polar surface area (TPSA) is 43.0 Å². The Morgan fingerprint density at radius 2 is 1.69 bits per heavy atom. The van der Waals surface area contributed by atoms with E-state index in [1.54, 1.807) is 0 Å². The van der Waals surface area contributed by atoms with Crippen molar-refractivity contribution in [1.29, 1.82) is 0 Å². The zero-order chi connectivity index (χ0) is 19.5. The maximum atomic E-state index is 6.64. The van der Waals surface area contributed by atoms with Crippen molar-refractivity contribution >= 4 is 0 Å². The molecule has 1 N–H and O–H groups in total. The molecular formula is C24H42N2O3. The maximum absolute atomic E-state index is 6.64. The van der Waals surface area contributed by atoms with Gasteiger partial charge in [-0.15, -0.1) is 0 Å². The number of rotatable bonds is 0. The third-order valence-corrected chi connectivity index (χ3v) is 8.72. The Labute approximate surface area is 177 Å². The highest BCUT2D eigenvalue weighted by atomic mass is 16.5. The fraction of sp³-hybridized carbons (Fsp3) is 1.00. The predicted octanol–water partition coefficient (Wildman–Crippen LogP) is 3.36. The van der Waals surface area contributed by atoms with Gasteiger partial charge in [-0.1, -0.05) is 12.8 Å². The van der Waals surface area contributed by atoms with Crippen molar-refractivity contribution < 1.29 is 14.2 Å². The minimum absolute atomic E-state index is 0.0834. The van der Waals surface area contributed by atoms with Gasteiger partial charge in [0.25, 0.3) is 0 Å². The summed E-state index contributed by atoms with van der Waals surface area (Å²) >= 11 is 0. The molecule has 0 amide bonds. The minimum atomic E-state index is 0.0834. The van der Waals surface area contributed by atoms with Crippen LogP contribution in [0, 0.1) is 11.8 Å². The first kappa shape index (κ1) is 20.7. The summed E-state index contributed by atoms with van der Waals surface area (Å²) < 4.78 is 19.2. The molecule has 6 fully saturated rings. The van der Waals surface area contributed by atoms with Crippen molar-refractivity contribution in [2.45, 2.75) is 94.4 Å². The van der Waals surface area contributed by atoms with E-state index < -0.39 is 0 Å².